The molecule has 0 saturated heterocycles. The van der Waals surface area contributed by atoms with Crippen molar-refractivity contribution in [2.24, 2.45) is 0 Å². The zero-order chi connectivity index (χ0) is 17.7. The van der Waals surface area contributed by atoms with Gasteiger partial charge in [-0.25, -0.2) is 4.79 Å². The molecule has 0 bridgehead atoms. The van der Waals surface area contributed by atoms with Gasteiger partial charge in [-0.05, 0) is 44.0 Å². The highest BCUT2D eigenvalue weighted by molar-refractivity contribution is 5.89. The molecule has 0 aromatic heterocycles. The minimum atomic E-state index is -0.436. The van der Waals surface area contributed by atoms with Crippen LogP contribution in [0.15, 0.2) is 24.3 Å². The van der Waals surface area contributed by atoms with Gasteiger partial charge >= 0.3 is 5.97 Å². The molecule has 1 aliphatic rings. The van der Waals surface area contributed by atoms with Crippen molar-refractivity contribution < 1.29 is 19.3 Å². The zero-order valence-electron chi connectivity index (χ0n) is 15.5. The van der Waals surface area contributed by atoms with Crippen molar-refractivity contribution in [3.63, 3.8) is 0 Å². The Labute approximate surface area is 151 Å². The van der Waals surface area contributed by atoms with Crippen molar-refractivity contribution in [2.75, 3.05) is 6.61 Å². The molecular formula is C21H32O4. The Bertz CT molecular complexity index is 471. The van der Waals surface area contributed by atoms with Crippen LogP contribution in [0, 0.1) is 0 Å². The summed E-state index contributed by atoms with van der Waals surface area (Å²) < 4.78 is 5.38. The number of ether oxygens (including phenoxy) is 1. The average molecular weight is 348 g/mol. The molecule has 1 aromatic carbocycles. The number of benzene rings is 1. The van der Waals surface area contributed by atoms with Crippen molar-refractivity contribution in [2.45, 2.75) is 83.7 Å². The summed E-state index contributed by atoms with van der Waals surface area (Å²) in [5.41, 5.74) is 0.483. The van der Waals surface area contributed by atoms with Gasteiger partial charge in [-0.2, -0.15) is 4.89 Å². The van der Waals surface area contributed by atoms with E-state index in [4.69, 9.17) is 14.5 Å². The summed E-state index contributed by atoms with van der Waals surface area (Å²) >= 11 is 0. The van der Waals surface area contributed by atoms with Crippen LogP contribution >= 0.6 is 0 Å². The van der Waals surface area contributed by atoms with E-state index in [-0.39, 0.29) is 6.10 Å². The molecule has 0 N–H and O–H groups in total. The third kappa shape index (κ3) is 7.91. The lowest BCUT2D eigenvalue weighted by Gasteiger charge is -2.17. The summed E-state index contributed by atoms with van der Waals surface area (Å²) in [7, 11) is 0. The standard InChI is InChI=1S/C21H32O4/c1-2-23-19-16-14-18(15-17-19)21(22)25-24-20-12-10-8-6-4-3-5-7-9-11-13-20/h14-17,20H,2-13H2,1H3. The molecule has 0 spiro atoms. The normalized spacial score (nSPS) is 18.0. The lowest BCUT2D eigenvalue weighted by atomic mass is 9.99. The van der Waals surface area contributed by atoms with Gasteiger partial charge in [0, 0.05) is 0 Å². The van der Waals surface area contributed by atoms with Crippen LogP contribution in [-0.2, 0) is 9.78 Å². The Morgan fingerprint density at radius 1 is 0.880 bits per heavy atom. The first-order chi connectivity index (χ1) is 12.3. The Kier molecular flexibility index (Phi) is 9.42. The minimum absolute atomic E-state index is 0.0195. The van der Waals surface area contributed by atoms with E-state index in [1.165, 1.54) is 44.9 Å². The second-order valence-electron chi connectivity index (χ2n) is 6.81. The first kappa shape index (κ1) is 19.8. The van der Waals surface area contributed by atoms with E-state index in [0.29, 0.717) is 12.2 Å². The van der Waals surface area contributed by atoms with Gasteiger partial charge in [0.05, 0.1) is 12.2 Å². The van der Waals surface area contributed by atoms with Crippen LogP contribution < -0.4 is 4.74 Å². The van der Waals surface area contributed by atoms with Gasteiger partial charge in [-0.1, -0.05) is 57.8 Å². The number of hydrogen-bond donors (Lipinski definition) is 0. The molecule has 1 aromatic rings. The topological polar surface area (TPSA) is 44.8 Å². The van der Waals surface area contributed by atoms with Crippen LogP contribution in [0.3, 0.4) is 0 Å². The third-order valence-corrected chi connectivity index (χ3v) is 4.71. The first-order valence-electron chi connectivity index (χ1n) is 9.90. The number of carbonyl (C=O) groups is 1. The van der Waals surface area contributed by atoms with E-state index >= 15 is 0 Å². The van der Waals surface area contributed by atoms with Gasteiger partial charge in [0.2, 0.25) is 0 Å². The molecule has 25 heavy (non-hydrogen) atoms. The fraction of sp³-hybridized carbons (Fsp3) is 0.667. The van der Waals surface area contributed by atoms with Crippen molar-refractivity contribution in [1.82, 2.24) is 0 Å². The number of carbonyl (C=O) groups excluding carboxylic acids is 1. The van der Waals surface area contributed by atoms with E-state index in [0.717, 1.165) is 31.4 Å². The highest BCUT2D eigenvalue weighted by atomic mass is 17.2. The van der Waals surface area contributed by atoms with Crippen molar-refractivity contribution in [1.29, 1.82) is 0 Å². The van der Waals surface area contributed by atoms with E-state index in [1.807, 2.05) is 6.92 Å². The van der Waals surface area contributed by atoms with E-state index in [2.05, 4.69) is 0 Å². The van der Waals surface area contributed by atoms with Gasteiger partial charge in [-0.3, -0.25) is 4.89 Å². The molecule has 4 heteroatoms. The molecule has 0 atom stereocenters. The SMILES string of the molecule is CCOc1ccc(C(=O)OOC2CCCCCCCCCCC2)cc1. The van der Waals surface area contributed by atoms with Gasteiger partial charge in [0.1, 0.15) is 11.9 Å². The summed E-state index contributed by atoms with van der Waals surface area (Å²) in [6.45, 7) is 2.54. The lowest BCUT2D eigenvalue weighted by molar-refractivity contribution is -0.277. The smallest absolute Gasteiger partial charge is 0.373 e. The van der Waals surface area contributed by atoms with E-state index in [1.54, 1.807) is 24.3 Å². The van der Waals surface area contributed by atoms with Gasteiger partial charge < -0.3 is 4.74 Å². The van der Waals surface area contributed by atoms with Crippen molar-refractivity contribution >= 4 is 5.97 Å². The van der Waals surface area contributed by atoms with Gasteiger partial charge in [-0.15, -0.1) is 0 Å². The maximum absolute atomic E-state index is 12.1. The number of rotatable bonds is 5. The summed E-state index contributed by atoms with van der Waals surface area (Å²) in [5, 5.41) is 0. The molecule has 0 aliphatic heterocycles. The molecule has 1 aliphatic carbocycles. The van der Waals surface area contributed by atoms with Crippen molar-refractivity contribution in [3.05, 3.63) is 29.8 Å². The number of hydrogen-bond acceptors (Lipinski definition) is 4. The highest BCUT2D eigenvalue weighted by Gasteiger charge is 2.15. The summed E-state index contributed by atoms with van der Waals surface area (Å²) in [6.07, 6.45) is 13.4. The van der Waals surface area contributed by atoms with Crippen LogP contribution in [0.25, 0.3) is 0 Å². The molecular weight excluding hydrogens is 316 g/mol. The molecule has 4 nitrogen and oxygen atoms in total. The Morgan fingerprint density at radius 2 is 1.40 bits per heavy atom. The third-order valence-electron chi connectivity index (χ3n) is 4.71. The molecule has 0 amide bonds. The lowest BCUT2D eigenvalue weighted by Crippen LogP contribution is -2.17. The van der Waals surface area contributed by atoms with Crippen LogP contribution in [0.1, 0.15) is 87.9 Å². The van der Waals surface area contributed by atoms with E-state index in [9.17, 15) is 4.79 Å². The maximum Gasteiger partial charge on any atom is 0.373 e. The fourth-order valence-electron chi connectivity index (χ4n) is 3.24. The summed E-state index contributed by atoms with van der Waals surface area (Å²) in [5.74, 6) is 0.313. The van der Waals surface area contributed by atoms with Crippen LogP contribution in [0.4, 0.5) is 0 Å². The first-order valence-corrected chi connectivity index (χ1v) is 9.90. The largest absolute Gasteiger partial charge is 0.494 e. The summed E-state index contributed by atoms with van der Waals surface area (Å²) in [6, 6.07) is 6.96. The van der Waals surface area contributed by atoms with Crippen LogP contribution in [-0.4, -0.2) is 18.7 Å². The van der Waals surface area contributed by atoms with E-state index < -0.39 is 5.97 Å². The predicted molar refractivity (Wildman–Crippen MR) is 98.7 cm³/mol. The molecule has 1 saturated carbocycles. The van der Waals surface area contributed by atoms with Crippen molar-refractivity contribution in [3.8, 4) is 5.75 Å². The summed E-state index contributed by atoms with van der Waals surface area (Å²) in [4.78, 5) is 22.8. The Balaban J connectivity index is 1.78. The molecule has 0 heterocycles. The maximum atomic E-state index is 12.1. The zero-order valence-corrected chi connectivity index (χ0v) is 15.5. The second-order valence-corrected chi connectivity index (χ2v) is 6.81. The monoisotopic (exact) mass is 348 g/mol. The van der Waals surface area contributed by atoms with Crippen LogP contribution in [0.5, 0.6) is 5.75 Å². The van der Waals surface area contributed by atoms with Crippen LogP contribution in [0.2, 0.25) is 0 Å². The predicted octanol–water partition coefficient (Wildman–Crippen LogP) is 5.85. The Hall–Kier alpha value is -1.55. The molecule has 0 radical (unpaired) electrons. The quantitative estimate of drug-likeness (QED) is 0.495. The fourth-order valence-corrected chi connectivity index (χ4v) is 3.24. The minimum Gasteiger partial charge on any atom is -0.494 e. The molecule has 140 valence electrons. The average Bonchev–Trinajstić information content (AvgIpc) is 2.62. The molecule has 2 rings (SSSR count). The Morgan fingerprint density at radius 3 is 1.92 bits per heavy atom. The van der Waals surface area contributed by atoms with Gasteiger partial charge in [0.15, 0.2) is 0 Å². The second kappa shape index (κ2) is 11.9. The molecule has 0 unspecified atom stereocenters. The molecule has 1 fully saturated rings. The van der Waals surface area contributed by atoms with Gasteiger partial charge in [0.25, 0.3) is 0 Å². The highest BCUT2D eigenvalue weighted by Crippen LogP contribution is 2.20.